The predicted molar refractivity (Wildman–Crippen MR) is 88.1 cm³/mol. The molecule has 1 atom stereocenters. The molecule has 1 aromatic heterocycles. The quantitative estimate of drug-likeness (QED) is 0.922. The summed E-state index contributed by atoms with van der Waals surface area (Å²) in [7, 11) is 0. The van der Waals surface area contributed by atoms with Gasteiger partial charge in [-0.25, -0.2) is 9.78 Å². The molecule has 5 nitrogen and oxygen atoms in total. The maximum atomic E-state index is 12.3. The molecule has 1 aromatic rings. The van der Waals surface area contributed by atoms with Crippen LogP contribution in [0.25, 0.3) is 0 Å². The van der Waals surface area contributed by atoms with Crippen LogP contribution in [-0.2, 0) is 4.74 Å². The Morgan fingerprint density at radius 1 is 1.45 bits per heavy atom. The molecule has 0 spiro atoms. The molecule has 122 valence electrons. The number of carbonyl (C=O) groups excluding carboxylic acids is 1. The lowest BCUT2D eigenvalue weighted by molar-refractivity contribution is 0.0579. The number of aromatic nitrogens is 1. The van der Waals surface area contributed by atoms with E-state index in [2.05, 4.69) is 16.4 Å². The summed E-state index contributed by atoms with van der Waals surface area (Å²) >= 11 is 0. The fourth-order valence-electron chi connectivity index (χ4n) is 2.57. The molecular formula is C17H27N3O2. The first-order valence-electron chi connectivity index (χ1n) is 8.10. The van der Waals surface area contributed by atoms with E-state index < -0.39 is 5.60 Å². The Morgan fingerprint density at radius 2 is 2.23 bits per heavy atom. The molecule has 2 rings (SSSR count). The Kier molecular flexibility index (Phi) is 5.40. The Bertz CT molecular complexity index is 488. The highest BCUT2D eigenvalue weighted by Crippen LogP contribution is 2.24. The van der Waals surface area contributed by atoms with Crippen molar-refractivity contribution >= 4 is 11.9 Å². The van der Waals surface area contributed by atoms with Crippen LogP contribution in [0.4, 0.5) is 10.6 Å². The first-order chi connectivity index (χ1) is 10.4. The molecular weight excluding hydrogens is 278 g/mol. The van der Waals surface area contributed by atoms with E-state index in [0.29, 0.717) is 18.4 Å². The maximum Gasteiger partial charge on any atom is 0.416 e. The van der Waals surface area contributed by atoms with E-state index in [9.17, 15) is 4.79 Å². The van der Waals surface area contributed by atoms with E-state index in [4.69, 9.17) is 4.74 Å². The van der Waals surface area contributed by atoms with Gasteiger partial charge in [-0.15, -0.1) is 0 Å². The number of anilines is 1. The molecule has 1 saturated heterocycles. The average Bonchev–Trinajstić information content (AvgIpc) is 2.97. The van der Waals surface area contributed by atoms with Crippen molar-refractivity contribution in [2.45, 2.75) is 58.6 Å². The average molecular weight is 305 g/mol. The van der Waals surface area contributed by atoms with E-state index in [1.165, 1.54) is 12.0 Å². The molecule has 0 aromatic carbocycles. The fourth-order valence-corrected chi connectivity index (χ4v) is 2.57. The van der Waals surface area contributed by atoms with Gasteiger partial charge < -0.3 is 10.1 Å². The lowest BCUT2D eigenvalue weighted by Crippen LogP contribution is -2.37. The van der Waals surface area contributed by atoms with E-state index in [0.717, 1.165) is 19.4 Å². The van der Waals surface area contributed by atoms with Gasteiger partial charge >= 0.3 is 6.09 Å². The van der Waals surface area contributed by atoms with Gasteiger partial charge in [-0.05, 0) is 58.2 Å². The lowest BCUT2D eigenvalue weighted by atomic mass is 10.1. The van der Waals surface area contributed by atoms with Gasteiger partial charge in [0.15, 0.2) is 0 Å². The number of amides is 1. The highest BCUT2D eigenvalue weighted by molar-refractivity contribution is 5.86. The highest BCUT2D eigenvalue weighted by Gasteiger charge is 2.24. The monoisotopic (exact) mass is 305 g/mol. The molecule has 0 bridgehead atoms. The lowest BCUT2D eigenvalue weighted by Gasteiger charge is -2.26. The summed E-state index contributed by atoms with van der Waals surface area (Å²) in [5.41, 5.74) is 0.679. The van der Waals surface area contributed by atoms with Crippen LogP contribution >= 0.6 is 0 Å². The smallest absolute Gasteiger partial charge is 0.416 e. The van der Waals surface area contributed by atoms with Crippen LogP contribution in [0, 0.1) is 0 Å². The van der Waals surface area contributed by atoms with Gasteiger partial charge in [0.2, 0.25) is 0 Å². The first-order valence-corrected chi connectivity index (χ1v) is 8.10. The summed E-state index contributed by atoms with van der Waals surface area (Å²) in [6.45, 7) is 9.31. The van der Waals surface area contributed by atoms with E-state index in [-0.39, 0.29) is 6.09 Å². The van der Waals surface area contributed by atoms with Crippen LogP contribution in [0.5, 0.6) is 0 Å². The zero-order chi connectivity index (χ0) is 16.2. The van der Waals surface area contributed by atoms with Gasteiger partial charge in [0.25, 0.3) is 0 Å². The minimum atomic E-state index is -0.503. The second-order valence-corrected chi connectivity index (χ2v) is 6.73. The summed E-state index contributed by atoms with van der Waals surface area (Å²) < 4.78 is 5.47. The summed E-state index contributed by atoms with van der Waals surface area (Å²) in [6.07, 6.45) is 4.73. The predicted octanol–water partition coefficient (Wildman–Crippen LogP) is 3.66. The SMILES string of the molecule is CCCN(C(=O)OC(C)(C)C)c1ccc(C2CCCN2)cn1. The minimum absolute atomic E-state index is 0.339. The van der Waals surface area contributed by atoms with Crippen LogP contribution in [0.2, 0.25) is 0 Å². The minimum Gasteiger partial charge on any atom is -0.443 e. The van der Waals surface area contributed by atoms with Crippen LogP contribution in [0.3, 0.4) is 0 Å². The Labute approximate surface area is 133 Å². The van der Waals surface area contributed by atoms with Crippen molar-refractivity contribution in [3.8, 4) is 0 Å². The number of rotatable bonds is 4. The Hall–Kier alpha value is -1.62. The molecule has 0 radical (unpaired) electrons. The van der Waals surface area contributed by atoms with Crippen LogP contribution in [-0.4, -0.2) is 29.8 Å². The molecule has 2 heterocycles. The van der Waals surface area contributed by atoms with Gasteiger partial charge in [0, 0.05) is 18.8 Å². The van der Waals surface area contributed by atoms with Crippen molar-refractivity contribution in [2.75, 3.05) is 18.0 Å². The number of nitrogens with zero attached hydrogens (tertiary/aromatic N) is 2. The molecule has 0 saturated carbocycles. The van der Waals surface area contributed by atoms with Crippen molar-refractivity contribution in [1.82, 2.24) is 10.3 Å². The maximum absolute atomic E-state index is 12.3. The fraction of sp³-hybridized carbons (Fsp3) is 0.647. The molecule has 1 fully saturated rings. The van der Waals surface area contributed by atoms with Crippen molar-refractivity contribution in [1.29, 1.82) is 0 Å². The summed E-state index contributed by atoms with van der Waals surface area (Å²) in [5, 5.41) is 3.46. The molecule has 5 heteroatoms. The van der Waals surface area contributed by atoms with E-state index >= 15 is 0 Å². The third-order valence-corrected chi connectivity index (χ3v) is 3.57. The highest BCUT2D eigenvalue weighted by atomic mass is 16.6. The van der Waals surface area contributed by atoms with Crippen LogP contribution in [0.15, 0.2) is 18.3 Å². The summed E-state index contributed by atoms with van der Waals surface area (Å²) in [4.78, 5) is 18.4. The van der Waals surface area contributed by atoms with Crippen molar-refractivity contribution in [2.24, 2.45) is 0 Å². The standard InChI is InChI=1S/C17H27N3O2/c1-5-11-20(16(21)22-17(2,3)4)15-9-8-13(12-19-15)14-7-6-10-18-14/h8-9,12,14,18H,5-7,10-11H2,1-4H3. The third-order valence-electron chi connectivity index (χ3n) is 3.57. The van der Waals surface area contributed by atoms with Gasteiger partial charge in [-0.3, -0.25) is 4.90 Å². The zero-order valence-electron chi connectivity index (χ0n) is 14.1. The molecule has 22 heavy (non-hydrogen) atoms. The molecule has 1 aliphatic rings. The van der Waals surface area contributed by atoms with Crippen molar-refractivity contribution in [3.05, 3.63) is 23.9 Å². The normalized spacial score (nSPS) is 18.3. The van der Waals surface area contributed by atoms with Gasteiger partial charge in [-0.1, -0.05) is 13.0 Å². The molecule has 1 aliphatic heterocycles. The topological polar surface area (TPSA) is 54.5 Å². The van der Waals surface area contributed by atoms with Crippen molar-refractivity contribution in [3.63, 3.8) is 0 Å². The van der Waals surface area contributed by atoms with E-state index in [1.54, 1.807) is 4.90 Å². The number of hydrogen-bond acceptors (Lipinski definition) is 4. The molecule has 1 N–H and O–H groups in total. The number of hydrogen-bond donors (Lipinski definition) is 1. The molecule has 0 aliphatic carbocycles. The third kappa shape index (κ3) is 4.44. The van der Waals surface area contributed by atoms with Crippen molar-refractivity contribution < 1.29 is 9.53 Å². The van der Waals surface area contributed by atoms with E-state index in [1.807, 2.05) is 40.0 Å². The number of nitrogens with one attached hydrogen (secondary N) is 1. The summed E-state index contributed by atoms with van der Waals surface area (Å²) in [6, 6.07) is 4.36. The van der Waals surface area contributed by atoms with Crippen LogP contribution < -0.4 is 10.2 Å². The molecule has 1 unspecified atom stereocenters. The van der Waals surface area contributed by atoms with Gasteiger partial charge in [0.1, 0.15) is 11.4 Å². The zero-order valence-corrected chi connectivity index (χ0v) is 14.1. The number of pyridine rings is 1. The van der Waals surface area contributed by atoms with Gasteiger partial charge in [-0.2, -0.15) is 0 Å². The number of carbonyl (C=O) groups is 1. The second-order valence-electron chi connectivity index (χ2n) is 6.73. The Balaban J connectivity index is 2.12. The summed E-state index contributed by atoms with van der Waals surface area (Å²) in [5.74, 6) is 0.651. The largest absolute Gasteiger partial charge is 0.443 e. The Morgan fingerprint density at radius 3 is 2.73 bits per heavy atom. The molecule has 1 amide bonds. The van der Waals surface area contributed by atoms with Crippen LogP contribution in [0.1, 0.15) is 58.6 Å². The van der Waals surface area contributed by atoms with Gasteiger partial charge in [0.05, 0.1) is 0 Å². The number of ether oxygens (including phenoxy) is 1. The second kappa shape index (κ2) is 7.09. The first kappa shape index (κ1) is 16.7.